The predicted octanol–water partition coefficient (Wildman–Crippen LogP) is 1.77. The van der Waals surface area contributed by atoms with Crippen LogP contribution in [-0.2, 0) is 4.79 Å². The van der Waals surface area contributed by atoms with Gasteiger partial charge in [0.25, 0.3) is 0 Å². The highest BCUT2D eigenvalue weighted by Crippen LogP contribution is 2.20. The van der Waals surface area contributed by atoms with E-state index in [0.29, 0.717) is 11.4 Å². The molecule has 22 heavy (non-hydrogen) atoms. The molecule has 2 amide bonds. The van der Waals surface area contributed by atoms with Gasteiger partial charge in [0.05, 0.1) is 13.7 Å². The van der Waals surface area contributed by atoms with Crippen molar-refractivity contribution in [2.75, 3.05) is 19.0 Å². The Bertz CT molecular complexity index is 539. The lowest BCUT2D eigenvalue weighted by Gasteiger charge is -2.37. The minimum absolute atomic E-state index is 0.460. The molecular formula is C15H22N2O5. The van der Waals surface area contributed by atoms with Crippen molar-refractivity contribution in [3.63, 3.8) is 0 Å². The molecule has 0 radical (unpaired) electrons. The van der Waals surface area contributed by atoms with E-state index in [1.54, 1.807) is 45.0 Å². The van der Waals surface area contributed by atoms with Crippen LogP contribution in [-0.4, -0.2) is 52.4 Å². The van der Waals surface area contributed by atoms with Crippen LogP contribution < -0.4 is 10.1 Å². The molecule has 1 unspecified atom stereocenters. The molecule has 1 atom stereocenters. The minimum atomic E-state index is -1.27. The monoisotopic (exact) mass is 310 g/mol. The van der Waals surface area contributed by atoms with Crippen LogP contribution in [0.4, 0.5) is 10.5 Å². The highest BCUT2D eigenvalue weighted by atomic mass is 16.5. The number of nitrogens with one attached hydrogen (secondary N) is 1. The number of nitrogens with zero attached hydrogens (tertiary/aromatic N) is 1. The Hall–Kier alpha value is -2.28. The second-order valence-electron chi connectivity index (χ2n) is 5.74. The minimum Gasteiger partial charge on any atom is -0.497 e. The van der Waals surface area contributed by atoms with Gasteiger partial charge in [0.15, 0.2) is 0 Å². The fourth-order valence-electron chi connectivity index (χ4n) is 2.10. The first-order valence-electron chi connectivity index (χ1n) is 6.78. The first kappa shape index (κ1) is 17.8. The molecule has 1 aromatic carbocycles. The van der Waals surface area contributed by atoms with Crippen molar-refractivity contribution in [3.8, 4) is 5.75 Å². The second-order valence-corrected chi connectivity index (χ2v) is 5.74. The van der Waals surface area contributed by atoms with Crippen LogP contribution in [0.5, 0.6) is 5.75 Å². The zero-order valence-electron chi connectivity index (χ0n) is 13.2. The largest absolute Gasteiger partial charge is 0.497 e. The number of aliphatic hydroxyl groups is 1. The highest BCUT2D eigenvalue weighted by Gasteiger charge is 2.37. The van der Waals surface area contributed by atoms with Crippen molar-refractivity contribution < 1.29 is 24.5 Å². The van der Waals surface area contributed by atoms with E-state index in [9.17, 15) is 19.8 Å². The van der Waals surface area contributed by atoms with Gasteiger partial charge in [-0.15, -0.1) is 0 Å². The third-order valence-corrected chi connectivity index (χ3v) is 3.05. The van der Waals surface area contributed by atoms with Gasteiger partial charge >= 0.3 is 6.09 Å². The van der Waals surface area contributed by atoms with E-state index in [1.165, 1.54) is 7.11 Å². The van der Waals surface area contributed by atoms with Gasteiger partial charge in [-0.3, -0.25) is 9.69 Å². The first-order chi connectivity index (χ1) is 10.2. The summed E-state index contributed by atoms with van der Waals surface area (Å²) in [5, 5.41) is 21.4. The number of benzene rings is 1. The quantitative estimate of drug-likeness (QED) is 0.770. The molecule has 0 saturated heterocycles. The van der Waals surface area contributed by atoms with Gasteiger partial charge in [-0.05, 0) is 32.9 Å². The van der Waals surface area contributed by atoms with Gasteiger partial charge < -0.3 is 20.3 Å². The van der Waals surface area contributed by atoms with Crippen LogP contribution in [0.1, 0.15) is 20.8 Å². The Balaban J connectivity index is 2.98. The molecule has 0 spiro atoms. The summed E-state index contributed by atoms with van der Waals surface area (Å²) in [6.45, 7) is 4.35. The summed E-state index contributed by atoms with van der Waals surface area (Å²) < 4.78 is 5.06. The Labute approximate surface area is 129 Å². The third-order valence-electron chi connectivity index (χ3n) is 3.05. The van der Waals surface area contributed by atoms with Crippen molar-refractivity contribution in [1.29, 1.82) is 0 Å². The molecule has 3 N–H and O–H groups in total. The smallest absolute Gasteiger partial charge is 0.408 e. The van der Waals surface area contributed by atoms with E-state index >= 15 is 0 Å². The molecule has 0 aliphatic carbocycles. The van der Waals surface area contributed by atoms with Gasteiger partial charge in [0, 0.05) is 17.3 Å². The lowest BCUT2D eigenvalue weighted by atomic mass is 10.0. The molecule has 0 aliphatic heterocycles. The second kappa shape index (κ2) is 7.13. The highest BCUT2D eigenvalue weighted by molar-refractivity contribution is 5.96. The number of methoxy groups -OCH3 is 1. The molecule has 0 saturated carbocycles. The summed E-state index contributed by atoms with van der Waals surface area (Å²) in [6.07, 6.45) is -1.27. The number of hydrogen-bond donors (Lipinski definition) is 3. The molecule has 1 aromatic rings. The third kappa shape index (κ3) is 4.36. The number of carboxylic acid groups (broad SMARTS) is 1. The Morgan fingerprint density at radius 2 is 2.00 bits per heavy atom. The summed E-state index contributed by atoms with van der Waals surface area (Å²) in [5.74, 6) is -0.0441. The maximum absolute atomic E-state index is 12.3. The van der Waals surface area contributed by atoms with Crippen LogP contribution in [0.3, 0.4) is 0 Å². The van der Waals surface area contributed by atoms with E-state index in [1.807, 2.05) is 0 Å². The molecule has 0 fully saturated rings. The zero-order chi connectivity index (χ0) is 16.9. The number of hydrogen-bond acceptors (Lipinski definition) is 4. The summed E-state index contributed by atoms with van der Waals surface area (Å²) in [7, 11) is 1.50. The van der Waals surface area contributed by atoms with Crippen molar-refractivity contribution in [2.24, 2.45) is 0 Å². The van der Waals surface area contributed by atoms with Crippen molar-refractivity contribution >= 4 is 17.7 Å². The van der Waals surface area contributed by atoms with Crippen LogP contribution in [0.15, 0.2) is 24.3 Å². The summed E-state index contributed by atoms with van der Waals surface area (Å²) in [6, 6.07) is 5.47. The van der Waals surface area contributed by atoms with Crippen molar-refractivity contribution in [2.45, 2.75) is 32.4 Å². The Morgan fingerprint density at radius 1 is 1.36 bits per heavy atom. The normalized spacial score (nSPS) is 12.4. The number of rotatable bonds is 5. The van der Waals surface area contributed by atoms with E-state index in [-0.39, 0.29) is 0 Å². The average molecular weight is 310 g/mol. The van der Waals surface area contributed by atoms with Crippen LogP contribution in [0, 0.1) is 0 Å². The standard InChI is InChI=1S/C15H22N2O5/c1-15(2,3)17(14(20)21)12(9-18)13(19)16-10-6-5-7-11(8-10)22-4/h5-8,12,18H,9H2,1-4H3,(H,16,19)(H,20,21). The maximum Gasteiger partial charge on any atom is 0.408 e. The number of carbonyl (C=O) groups is 2. The van der Waals surface area contributed by atoms with Gasteiger partial charge in [-0.1, -0.05) is 6.07 Å². The van der Waals surface area contributed by atoms with Crippen LogP contribution in [0.25, 0.3) is 0 Å². The lowest BCUT2D eigenvalue weighted by Crippen LogP contribution is -2.57. The molecule has 7 nitrogen and oxygen atoms in total. The van der Waals surface area contributed by atoms with Crippen LogP contribution >= 0.6 is 0 Å². The van der Waals surface area contributed by atoms with E-state index in [2.05, 4.69) is 5.32 Å². The molecule has 0 aliphatic rings. The van der Waals surface area contributed by atoms with Gasteiger partial charge in [-0.2, -0.15) is 0 Å². The topological polar surface area (TPSA) is 99.1 Å². The number of amides is 2. The number of carbonyl (C=O) groups excluding carboxylic acids is 1. The fraction of sp³-hybridized carbons (Fsp3) is 0.467. The molecule has 0 aromatic heterocycles. The molecule has 7 heteroatoms. The molecule has 1 rings (SSSR count). The fourth-order valence-corrected chi connectivity index (χ4v) is 2.10. The summed E-state index contributed by atoms with van der Waals surface area (Å²) in [5.41, 5.74) is -0.368. The predicted molar refractivity (Wildman–Crippen MR) is 82.1 cm³/mol. The molecule has 0 bridgehead atoms. The van der Waals surface area contributed by atoms with Crippen LogP contribution in [0.2, 0.25) is 0 Å². The molecular weight excluding hydrogens is 288 g/mol. The van der Waals surface area contributed by atoms with E-state index < -0.39 is 30.2 Å². The number of anilines is 1. The van der Waals surface area contributed by atoms with Gasteiger partial charge in [-0.25, -0.2) is 4.79 Å². The summed E-state index contributed by atoms with van der Waals surface area (Å²) in [4.78, 5) is 24.7. The van der Waals surface area contributed by atoms with Crippen molar-refractivity contribution in [3.05, 3.63) is 24.3 Å². The number of ether oxygens (including phenoxy) is 1. The lowest BCUT2D eigenvalue weighted by molar-refractivity contribution is -0.124. The molecule has 122 valence electrons. The Morgan fingerprint density at radius 3 is 2.45 bits per heavy atom. The van der Waals surface area contributed by atoms with Crippen molar-refractivity contribution in [1.82, 2.24) is 4.90 Å². The SMILES string of the molecule is COc1cccc(NC(=O)C(CO)N(C(=O)O)C(C)(C)C)c1. The van der Waals surface area contributed by atoms with E-state index in [4.69, 9.17) is 4.74 Å². The Kier molecular flexibility index (Phi) is 5.76. The van der Waals surface area contributed by atoms with Gasteiger partial charge in [0.1, 0.15) is 11.8 Å². The maximum atomic E-state index is 12.3. The zero-order valence-corrected chi connectivity index (χ0v) is 13.2. The molecule has 0 heterocycles. The first-order valence-corrected chi connectivity index (χ1v) is 6.78. The number of aliphatic hydroxyl groups excluding tert-OH is 1. The average Bonchev–Trinajstić information content (AvgIpc) is 2.42. The van der Waals surface area contributed by atoms with E-state index in [0.717, 1.165) is 4.90 Å². The summed E-state index contributed by atoms with van der Waals surface area (Å²) >= 11 is 0. The van der Waals surface area contributed by atoms with Gasteiger partial charge in [0.2, 0.25) is 5.91 Å².